The Balaban J connectivity index is 1.47. The molecule has 1 fully saturated rings. The molecule has 2 aromatic heterocycles. The molecule has 0 aliphatic carbocycles. The molecule has 0 unspecified atom stereocenters. The number of carbonyl (C=O) groups is 2. The van der Waals surface area contributed by atoms with E-state index in [4.69, 9.17) is 0 Å². The van der Waals surface area contributed by atoms with Gasteiger partial charge in [-0.2, -0.15) is 0 Å². The lowest BCUT2D eigenvalue weighted by Crippen LogP contribution is -2.55. The summed E-state index contributed by atoms with van der Waals surface area (Å²) in [6.07, 6.45) is 4.44. The predicted molar refractivity (Wildman–Crippen MR) is 77.6 cm³/mol. The molecular weight excluding hydrogens is 288 g/mol. The Morgan fingerprint density at radius 2 is 2.24 bits per heavy atom. The topological polar surface area (TPSA) is 75.2 Å². The Morgan fingerprint density at radius 3 is 2.90 bits per heavy atom. The van der Waals surface area contributed by atoms with Crippen LogP contribution in [0.4, 0.5) is 0 Å². The quantitative estimate of drug-likeness (QED) is 0.911. The summed E-state index contributed by atoms with van der Waals surface area (Å²) >= 11 is 1.61. The van der Waals surface area contributed by atoms with Gasteiger partial charge in [0.15, 0.2) is 0 Å². The summed E-state index contributed by atoms with van der Waals surface area (Å²) in [7, 11) is 0. The molecule has 21 heavy (non-hydrogen) atoms. The number of nitrogens with zero attached hydrogens (tertiary/aromatic N) is 3. The highest BCUT2D eigenvalue weighted by Crippen LogP contribution is 2.18. The fraction of sp³-hybridized carbons (Fsp3) is 0.286. The van der Waals surface area contributed by atoms with Crippen molar-refractivity contribution in [3.8, 4) is 0 Å². The third-order valence-corrected chi connectivity index (χ3v) is 4.22. The summed E-state index contributed by atoms with van der Waals surface area (Å²) in [5.74, 6) is -0.317. The highest BCUT2D eigenvalue weighted by Gasteiger charge is 2.36. The fourth-order valence-electron chi connectivity index (χ4n) is 2.11. The van der Waals surface area contributed by atoms with Crippen LogP contribution in [0, 0.1) is 5.92 Å². The first-order chi connectivity index (χ1) is 10.2. The largest absolute Gasteiger partial charge is 0.351 e. The summed E-state index contributed by atoms with van der Waals surface area (Å²) in [5.41, 5.74) is 0.315. The predicted octanol–water partition coefficient (Wildman–Crippen LogP) is 0.926. The third kappa shape index (κ3) is 3.08. The van der Waals surface area contributed by atoms with Crippen LogP contribution < -0.4 is 5.32 Å². The van der Waals surface area contributed by atoms with Crippen molar-refractivity contribution in [2.24, 2.45) is 5.92 Å². The number of nitrogens with one attached hydrogen (secondary N) is 1. The van der Waals surface area contributed by atoms with Crippen LogP contribution in [0.15, 0.2) is 36.1 Å². The summed E-state index contributed by atoms with van der Waals surface area (Å²) in [6, 6.07) is 3.94. The number of hydrogen-bond donors (Lipinski definition) is 1. The molecule has 0 atom stereocenters. The van der Waals surface area contributed by atoms with E-state index < -0.39 is 0 Å². The van der Waals surface area contributed by atoms with E-state index in [-0.39, 0.29) is 17.7 Å². The molecule has 3 rings (SSSR count). The van der Waals surface area contributed by atoms with Gasteiger partial charge >= 0.3 is 0 Å². The van der Waals surface area contributed by atoms with Gasteiger partial charge in [0.2, 0.25) is 5.91 Å². The highest BCUT2D eigenvalue weighted by molar-refractivity contribution is 7.09. The maximum Gasteiger partial charge on any atom is 0.274 e. The van der Waals surface area contributed by atoms with Crippen molar-refractivity contribution in [3.05, 3.63) is 46.7 Å². The monoisotopic (exact) mass is 302 g/mol. The lowest BCUT2D eigenvalue weighted by molar-refractivity contribution is -0.129. The molecule has 0 spiro atoms. The van der Waals surface area contributed by atoms with Crippen molar-refractivity contribution >= 4 is 23.2 Å². The van der Waals surface area contributed by atoms with E-state index in [1.54, 1.807) is 16.2 Å². The zero-order chi connectivity index (χ0) is 14.7. The second-order valence-electron chi connectivity index (χ2n) is 4.79. The van der Waals surface area contributed by atoms with Gasteiger partial charge in [-0.15, -0.1) is 11.3 Å². The molecule has 2 amide bonds. The van der Waals surface area contributed by atoms with Gasteiger partial charge in [0.05, 0.1) is 18.7 Å². The zero-order valence-corrected chi connectivity index (χ0v) is 12.0. The van der Waals surface area contributed by atoms with E-state index in [1.807, 2.05) is 17.5 Å². The summed E-state index contributed by atoms with van der Waals surface area (Å²) in [4.78, 5) is 34.6. The SMILES string of the molecule is O=C(NCc1cccs1)C1CN(C(=O)c2cnccn2)C1. The van der Waals surface area contributed by atoms with E-state index in [1.165, 1.54) is 18.6 Å². The van der Waals surface area contributed by atoms with Gasteiger partial charge in [0.1, 0.15) is 5.69 Å². The maximum absolute atomic E-state index is 12.0. The molecule has 3 heterocycles. The molecule has 0 radical (unpaired) electrons. The van der Waals surface area contributed by atoms with Crippen molar-refractivity contribution in [2.75, 3.05) is 13.1 Å². The number of rotatable bonds is 4. The normalized spacial score (nSPS) is 14.6. The van der Waals surface area contributed by atoms with Crippen LogP contribution in [0.25, 0.3) is 0 Å². The molecule has 0 bridgehead atoms. The minimum atomic E-state index is -0.176. The second-order valence-corrected chi connectivity index (χ2v) is 5.83. The molecular formula is C14H14N4O2S. The number of hydrogen-bond acceptors (Lipinski definition) is 5. The summed E-state index contributed by atoms with van der Waals surface area (Å²) < 4.78 is 0. The molecule has 7 heteroatoms. The van der Waals surface area contributed by atoms with Gasteiger partial charge in [-0.05, 0) is 11.4 Å². The lowest BCUT2D eigenvalue weighted by Gasteiger charge is -2.37. The van der Waals surface area contributed by atoms with Gasteiger partial charge < -0.3 is 10.2 Å². The van der Waals surface area contributed by atoms with Crippen molar-refractivity contribution in [2.45, 2.75) is 6.54 Å². The van der Waals surface area contributed by atoms with Gasteiger partial charge in [0, 0.05) is 30.4 Å². The van der Waals surface area contributed by atoms with Crippen LogP contribution >= 0.6 is 11.3 Å². The molecule has 0 saturated carbocycles. The van der Waals surface area contributed by atoms with Crippen LogP contribution in [0.5, 0.6) is 0 Å². The first kappa shape index (κ1) is 13.7. The van der Waals surface area contributed by atoms with Crippen LogP contribution in [0.1, 0.15) is 15.4 Å². The fourth-order valence-corrected chi connectivity index (χ4v) is 2.76. The van der Waals surface area contributed by atoms with Crippen LogP contribution in [-0.2, 0) is 11.3 Å². The van der Waals surface area contributed by atoms with Crippen LogP contribution in [0.2, 0.25) is 0 Å². The van der Waals surface area contributed by atoms with Crippen molar-refractivity contribution in [1.29, 1.82) is 0 Å². The molecule has 0 aromatic carbocycles. The van der Waals surface area contributed by atoms with Crippen molar-refractivity contribution in [1.82, 2.24) is 20.2 Å². The van der Waals surface area contributed by atoms with Gasteiger partial charge in [-0.25, -0.2) is 4.98 Å². The standard InChI is InChI=1S/C14H14N4O2S/c19-13(17-6-11-2-1-5-21-11)10-8-18(9-10)14(20)12-7-15-3-4-16-12/h1-5,7,10H,6,8-9H2,(H,17,19). The van der Waals surface area contributed by atoms with Crippen LogP contribution in [0.3, 0.4) is 0 Å². The molecule has 2 aromatic rings. The minimum Gasteiger partial charge on any atom is -0.351 e. The average molecular weight is 302 g/mol. The number of thiophene rings is 1. The van der Waals surface area contributed by atoms with E-state index in [0.717, 1.165) is 4.88 Å². The molecule has 1 saturated heterocycles. The average Bonchev–Trinajstić information content (AvgIpc) is 2.97. The Labute approximate surface area is 125 Å². The molecule has 6 nitrogen and oxygen atoms in total. The number of aromatic nitrogens is 2. The summed E-state index contributed by atoms with van der Waals surface area (Å²) in [5, 5.41) is 4.87. The number of amides is 2. The molecule has 108 valence electrons. The Hall–Kier alpha value is -2.28. The van der Waals surface area contributed by atoms with Gasteiger partial charge in [-0.1, -0.05) is 6.07 Å². The van der Waals surface area contributed by atoms with E-state index >= 15 is 0 Å². The Kier molecular flexibility index (Phi) is 3.92. The number of likely N-dealkylation sites (tertiary alicyclic amines) is 1. The first-order valence-electron chi connectivity index (χ1n) is 6.59. The number of carbonyl (C=O) groups excluding carboxylic acids is 2. The molecule has 1 aliphatic heterocycles. The second kappa shape index (κ2) is 6.01. The zero-order valence-electron chi connectivity index (χ0n) is 11.2. The van der Waals surface area contributed by atoms with Crippen LogP contribution in [-0.4, -0.2) is 39.8 Å². The van der Waals surface area contributed by atoms with Gasteiger partial charge in [-0.3, -0.25) is 14.6 Å². The Morgan fingerprint density at radius 1 is 1.38 bits per heavy atom. The molecule has 1 N–H and O–H groups in total. The minimum absolute atomic E-state index is 0.00778. The van der Waals surface area contributed by atoms with Gasteiger partial charge in [0.25, 0.3) is 5.91 Å². The highest BCUT2D eigenvalue weighted by atomic mass is 32.1. The summed E-state index contributed by atoms with van der Waals surface area (Å²) in [6.45, 7) is 1.42. The van der Waals surface area contributed by atoms with E-state index in [0.29, 0.717) is 25.3 Å². The smallest absolute Gasteiger partial charge is 0.274 e. The van der Waals surface area contributed by atoms with E-state index in [9.17, 15) is 9.59 Å². The van der Waals surface area contributed by atoms with Crippen molar-refractivity contribution < 1.29 is 9.59 Å². The van der Waals surface area contributed by atoms with Crippen molar-refractivity contribution in [3.63, 3.8) is 0 Å². The Bertz CT molecular complexity index is 624. The molecule has 1 aliphatic rings. The lowest BCUT2D eigenvalue weighted by atomic mass is 9.98. The van der Waals surface area contributed by atoms with E-state index in [2.05, 4.69) is 15.3 Å². The third-order valence-electron chi connectivity index (χ3n) is 3.34. The first-order valence-corrected chi connectivity index (χ1v) is 7.47. The maximum atomic E-state index is 12.0.